The Morgan fingerprint density at radius 1 is 1.15 bits per heavy atom. The topological polar surface area (TPSA) is 50.1 Å². The lowest BCUT2D eigenvalue weighted by Crippen LogP contribution is -2.13. The number of carbonyl (C=O) groups is 1. The van der Waals surface area contributed by atoms with E-state index in [1.165, 1.54) is 56.2 Å². The number of nitriles is 1. The number of hydrogen-bond donors (Lipinski definition) is 0. The maximum absolute atomic E-state index is 13.7. The number of carbonyl (C=O) groups excluding carboxylic acids is 1. The highest BCUT2D eigenvalue weighted by Gasteiger charge is 2.22. The molecule has 0 bridgehead atoms. The minimum absolute atomic E-state index is 0.0878. The molecule has 4 heteroatoms. The number of hydrogen-bond acceptors (Lipinski definition) is 3. The van der Waals surface area contributed by atoms with Gasteiger partial charge in [0.25, 0.3) is 0 Å². The molecular weight excluding hydrogens is 341 g/mol. The van der Waals surface area contributed by atoms with Crippen LogP contribution in [0.5, 0.6) is 5.75 Å². The lowest BCUT2D eigenvalue weighted by molar-refractivity contribution is 0.0734. The number of nitrogens with zero attached hydrogens (tertiary/aromatic N) is 1. The van der Waals surface area contributed by atoms with Crippen molar-refractivity contribution >= 4 is 5.97 Å². The van der Waals surface area contributed by atoms with E-state index >= 15 is 0 Å². The summed E-state index contributed by atoms with van der Waals surface area (Å²) in [6, 6.07) is 13.1. The van der Waals surface area contributed by atoms with Crippen molar-refractivity contribution in [3.63, 3.8) is 0 Å². The highest BCUT2D eigenvalue weighted by Crippen LogP contribution is 2.37. The lowest BCUT2D eigenvalue weighted by atomic mass is 9.77. The first kappa shape index (κ1) is 19.1. The molecule has 1 fully saturated rings. The molecule has 27 heavy (non-hydrogen) atoms. The Labute approximate surface area is 159 Å². The second-order valence-corrected chi connectivity index (χ2v) is 7.27. The highest BCUT2D eigenvalue weighted by atomic mass is 19.1. The van der Waals surface area contributed by atoms with Crippen LogP contribution < -0.4 is 4.74 Å². The first-order chi connectivity index (χ1) is 13.1. The Kier molecular flexibility index (Phi) is 6.24. The summed E-state index contributed by atoms with van der Waals surface area (Å²) in [6.07, 6.45) is 7.61. The van der Waals surface area contributed by atoms with E-state index in [9.17, 15) is 9.18 Å². The van der Waals surface area contributed by atoms with Gasteiger partial charge in [-0.15, -0.1) is 0 Å². The summed E-state index contributed by atoms with van der Waals surface area (Å²) >= 11 is 0. The zero-order valence-corrected chi connectivity index (χ0v) is 15.6. The first-order valence-electron chi connectivity index (χ1n) is 9.62. The van der Waals surface area contributed by atoms with Gasteiger partial charge in [-0.2, -0.15) is 5.26 Å². The SMILES string of the molecule is CCCC1CCC(c2ccc(OC(=O)c3ccc(C#N)c(F)c3)cc2)CC1. The van der Waals surface area contributed by atoms with Crippen molar-refractivity contribution < 1.29 is 13.9 Å². The van der Waals surface area contributed by atoms with Gasteiger partial charge in [-0.3, -0.25) is 0 Å². The standard InChI is InChI=1S/C23H24FNO2/c1-2-3-16-4-6-17(7-5-16)18-10-12-21(13-11-18)27-23(26)19-8-9-20(15-25)22(24)14-19/h8-14,16-17H,2-7H2,1H3. The normalized spacial score (nSPS) is 19.3. The van der Waals surface area contributed by atoms with Gasteiger partial charge in [0.2, 0.25) is 0 Å². The average molecular weight is 365 g/mol. The molecule has 2 aromatic rings. The van der Waals surface area contributed by atoms with Crippen molar-refractivity contribution in [3.05, 3.63) is 65.0 Å². The summed E-state index contributed by atoms with van der Waals surface area (Å²) < 4.78 is 19.0. The predicted octanol–water partition coefficient (Wildman–Crippen LogP) is 5.99. The van der Waals surface area contributed by atoms with Gasteiger partial charge in [0.15, 0.2) is 0 Å². The third kappa shape index (κ3) is 4.74. The Balaban J connectivity index is 1.60. The second-order valence-electron chi connectivity index (χ2n) is 7.27. The zero-order valence-electron chi connectivity index (χ0n) is 15.6. The Morgan fingerprint density at radius 2 is 1.85 bits per heavy atom. The van der Waals surface area contributed by atoms with Crippen molar-refractivity contribution in [2.45, 2.75) is 51.4 Å². The van der Waals surface area contributed by atoms with Crippen molar-refractivity contribution in [1.82, 2.24) is 0 Å². The van der Waals surface area contributed by atoms with Crippen LogP contribution in [0.2, 0.25) is 0 Å². The van der Waals surface area contributed by atoms with Gasteiger partial charge < -0.3 is 4.74 Å². The Bertz CT molecular complexity index is 830. The van der Waals surface area contributed by atoms with Crippen LogP contribution in [0.15, 0.2) is 42.5 Å². The second kappa shape index (κ2) is 8.81. The van der Waals surface area contributed by atoms with Gasteiger partial charge in [-0.05, 0) is 73.4 Å². The quantitative estimate of drug-likeness (QED) is 0.483. The van der Waals surface area contributed by atoms with Gasteiger partial charge in [0.1, 0.15) is 17.6 Å². The maximum atomic E-state index is 13.7. The fraction of sp³-hybridized carbons (Fsp3) is 0.391. The highest BCUT2D eigenvalue weighted by molar-refractivity contribution is 5.91. The smallest absolute Gasteiger partial charge is 0.343 e. The molecule has 0 aliphatic heterocycles. The molecule has 1 aliphatic rings. The van der Waals surface area contributed by atoms with E-state index < -0.39 is 11.8 Å². The third-order valence-electron chi connectivity index (χ3n) is 5.43. The largest absolute Gasteiger partial charge is 0.423 e. The first-order valence-corrected chi connectivity index (χ1v) is 9.62. The molecular formula is C23H24FNO2. The van der Waals surface area contributed by atoms with E-state index in [1.807, 2.05) is 12.1 Å². The minimum Gasteiger partial charge on any atom is -0.423 e. The van der Waals surface area contributed by atoms with Gasteiger partial charge in [-0.25, -0.2) is 9.18 Å². The molecule has 0 radical (unpaired) electrons. The number of esters is 1. The van der Waals surface area contributed by atoms with Crippen LogP contribution in [0.1, 0.15) is 72.9 Å². The molecule has 0 unspecified atom stereocenters. The predicted molar refractivity (Wildman–Crippen MR) is 102 cm³/mol. The average Bonchev–Trinajstić information content (AvgIpc) is 2.69. The summed E-state index contributed by atoms with van der Waals surface area (Å²) in [4.78, 5) is 12.2. The summed E-state index contributed by atoms with van der Waals surface area (Å²) in [7, 11) is 0. The summed E-state index contributed by atoms with van der Waals surface area (Å²) in [5.74, 6) is 0.537. The molecule has 140 valence electrons. The van der Waals surface area contributed by atoms with Crippen molar-refractivity contribution in [2.75, 3.05) is 0 Å². The van der Waals surface area contributed by atoms with Crippen molar-refractivity contribution in [3.8, 4) is 11.8 Å². The van der Waals surface area contributed by atoms with E-state index in [0.29, 0.717) is 11.7 Å². The third-order valence-corrected chi connectivity index (χ3v) is 5.43. The van der Waals surface area contributed by atoms with E-state index in [1.54, 1.807) is 18.2 Å². The monoisotopic (exact) mass is 365 g/mol. The zero-order chi connectivity index (χ0) is 19.2. The molecule has 1 aliphatic carbocycles. The van der Waals surface area contributed by atoms with Crippen LogP contribution in [-0.4, -0.2) is 5.97 Å². The van der Waals surface area contributed by atoms with Gasteiger partial charge in [0, 0.05) is 0 Å². The Hall–Kier alpha value is -2.67. The van der Waals surface area contributed by atoms with Gasteiger partial charge in [-0.1, -0.05) is 31.9 Å². The summed E-state index contributed by atoms with van der Waals surface area (Å²) in [5.41, 5.74) is 1.28. The van der Waals surface area contributed by atoms with E-state index in [4.69, 9.17) is 10.00 Å². The maximum Gasteiger partial charge on any atom is 0.343 e. The van der Waals surface area contributed by atoms with Crippen LogP contribution >= 0.6 is 0 Å². The molecule has 1 saturated carbocycles. The fourth-order valence-corrected chi connectivity index (χ4v) is 3.90. The molecule has 0 heterocycles. The molecule has 0 spiro atoms. The summed E-state index contributed by atoms with van der Waals surface area (Å²) in [5, 5.41) is 8.75. The van der Waals surface area contributed by atoms with Gasteiger partial charge >= 0.3 is 5.97 Å². The van der Waals surface area contributed by atoms with Crippen molar-refractivity contribution in [2.24, 2.45) is 5.92 Å². The van der Waals surface area contributed by atoms with Crippen LogP contribution in [0, 0.1) is 23.1 Å². The minimum atomic E-state index is -0.721. The molecule has 0 saturated heterocycles. The van der Waals surface area contributed by atoms with E-state index in [0.717, 1.165) is 12.0 Å². The van der Waals surface area contributed by atoms with E-state index in [-0.39, 0.29) is 11.1 Å². The number of rotatable bonds is 5. The molecule has 0 aromatic heterocycles. The fourth-order valence-electron chi connectivity index (χ4n) is 3.90. The van der Waals surface area contributed by atoms with Crippen LogP contribution in [0.3, 0.4) is 0 Å². The number of ether oxygens (including phenoxy) is 1. The van der Waals surface area contributed by atoms with Crippen LogP contribution in [-0.2, 0) is 0 Å². The summed E-state index contributed by atoms with van der Waals surface area (Å²) in [6.45, 7) is 2.25. The van der Waals surface area contributed by atoms with E-state index in [2.05, 4.69) is 6.92 Å². The molecule has 3 nitrogen and oxygen atoms in total. The molecule has 3 rings (SSSR count). The molecule has 2 aromatic carbocycles. The number of benzene rings is 2. The molecule has 0 atom stereocenters. The van der Waals surface area contributed by atoms with Gasteiger partial charge in [0.05, 0.1) is 11.1 Å². The van der Waals surface area contributed by atoms with Crippen LogP contribution in [0.4, 0.5) is 4.39 Å². The number of halogens is 1. The Morgan fingerprint density at radius 3 is 2.44 bits per heavy atom. The molecule has 0 amide bonds. The lowest BCUT2D eigenvalue weighted by Gasteiger charge is -2.28. The van der Waals surface area contributed by atoms with Crippen molar-refractivity contribution in [1.29, 1.82) is 5.26 Å². The van der Waals surface area contributed by atoms with Crippen LogP contribution in [0.25, 0.3) is 0 Å². The molecule has 0 N–H and O–H groups in total.